The summed E-state index contributed by atoms with van der Waals surface area (Å²) < 4.78 is 67.2. The van der Waals surface area contributed by atoms with Crippen LogP contribution in [0.2, 0.25) is 0 Å². The molecule has 0 aliphatic heterocycles. The van der Waals surface area contributed by atoms with Gasteiger partial charge in [-0.15, -0.1) is 0 Å². The maximum Gasteiger partial charge on any atom is 0.416 e. The molecule has 0 bridgehead atoms. The Morgan fingerprint density at radius 1 is 0.909 bits per heavy atom. The SMILES string of the molecule is Cc1ccc(C(=O)NCc2cccc(C(F)(F)F)c2)cc1S(=O)(=O)Nc1cccc(C)c1C. The van der Waals surface area contributed by atoms with Crippen LogP contribution in [0, 0.1) is 20.8 Å². The second kappa shape index (κ2) is 9.27. The Kier molecular flexibility index (Phi) is 6.83. The number of benzene rings is 3. The standard InChI is InChI=1S/C24H23F3N2O3S/c1-15-6-4-9-21(17(15)3)29-33(31,32)22-13-19(11-10-16(22)2)23(30)28-14-18-7-5-8-20(12-18)24(25,26)27/h4-13,29H,14H2,1-3H3,(H,28,30). The Bertz CT molecular complexity index is 1300. The molecule has 0 spiro atoms. The van der Waals surface area contributed by atoms with Crippen molar-refractivity contribution in [2.45, 2.75) is 38.4 Å². The van der Waals surface area contributed by atoms with Gasteiger partial charge >= 0.3 is 6.18 Å². The second-order valence-corrected chi connectivity index (χ2v) is 9.36. The Balaban J connectivity index is 1.81. The zero-order valence-electron chi connectivity index (χ0n) is 18.2. The zero-order chi connectivity index (χ0) is 24.4. The minimum atomic E-state index is -4.48. The first kappa shape index (κ1) is 24.3. The van der Waals surface area contributed by atoms with Gasteiger partial charge in [-0.2, -0.15) is 13.2 Å². The number of hydrogen-bond donors (Lipinski definition) is 2. The van der Waals surface area contributed by atoms with Crippen molar-refractivity contribution in [3.63, 3.8) is 0 Å². The van der Waals surface area contributed by atoms with E-state index < -0.39 is 27.7 Å². The predicted molar refractivity (Wildman–Crippen MR) is 121 cm³/mol. The number of hydrogen-bond acceptors (Lipinski definition) is 3. The van der Waals surface area contributed by atoms with E-state index in [1.54, 1.807) is 26.0 Å². The van der Waals surface area contributed by atoms with Gasteiger partial charge in [-0.1, -0.05) is 30.3 Å². The number of aryl methyl sites for hydroxylation is 2. The molecule has 1 amide bonds. The van der Waals surface area contributed by atoms with Gasteiger partial charge in [0.2, 0.25) is 0 Å². The number of carbonyl (C=O) groups is 1. The van der Waals surface area contributed by atoms with Gasteiger partial charge in [0.1, 0.15) is 0 Å². The van der Waals surface area contributed by atoms with E-state index in [4.69, 9.17) is 0 Å². The summed E-state index contributed by atoms with van der Waals surface area (Å²) in [6.45, 7) is 5.15. The maximum atomic E-state index is 13.0. The highest BCUT2D eigenvalue weighted by molar-refractivity contribution is 7.92. The van der Waals surface area contributed by atoms with Crippen molar-refractivity contribution in [2.75, 3.05) is 4.72 Å². The van der Waals surface area contributed by atoms with Gasteiger partial charge in [0.05, 0.1) is 16.1 Å². The van der Waals surface area contributed by atoms with E-state index in [0.717, 1.165) is 23.3 Å². The molecule has 0 aliphatic rings. The van der Waals surface area contributed by atoms with Gasteiger partial charge in [0.25, 0.3) is 15.9 Å². The van der Waals surface area contributed by atoms with Crippen molar-refractivity contribution in [3.05, 3.63) is 94.0 Å². The molecule has 174 valence electrons. The number of rotatable bonds is 6. The molecule has 0 heterocycles. The molecule has 5 nitrogen and oxygen atoms in total. The van der Waals surface area contributed by atoms with Crippen LogP contribution in [0.1, 0.15) is 38.2 Å². The van der Waals surface area contributed by atoms with Crippen molar-refractivity contribution in [1.29, 1.82) is 0 Å². The number of carbonyl (C=O) groups excluding carboxylic acids is 1. The van der Waals surface area contributed by atoms with Crippen LogP contribution in [0.15, 0.2) is 65.6 Å². The van der Waals surface area contributed by atoms with E-state index in [9.17, 15) is 26.4 Å². The van der Waals surface area contributed by atoms with Crippen LogP contribution >= 0.6 is 0 Å². The lowest BCUT2D eigenvalue weighted by atomic mass is 10.1. The first-order valence-electron chi connectivity index (χ1n) is 10.0. The lowest BCUT2D eigenvalue weighted by Crippen LogP contribution is -2.24. The monoisotopic (exact) mass is 476 g/mol. The number of alkyl halides is 3. The average molecular weight is 477 g/mol. The van der Waals surface area contributed by atoms with Crippen LogP contribution in [-0.4, -0.2) is 14.3 Å². The average Bonchev–Trinajstić information content (AvgIpc) is 2.75. The van der Waals surface area contributed by atoms with Gasteiger partial charge in [0.15, 0.2) is 0 Å². The van der Waals surface area contributed by atoms with Crippen molar-refractivity contribution >= 4 is 21.6 Å². The van der Waals surface area contributed by atoms with Crippen LogP contribution in [0.3, 0.4) is 0 Å². The molecule has 0 aromatic heterocycles. The molecule has 0 unspecified atom stereocenters. The molecule has 0 saturated heterocycles. The second-order valence-electron chi connectivity index (χ2n) is 7.71. The maximum absolute atomic E-state index is 13.0. The normalized spacial score (nSPS) is 11.8. The van der Waals surface area contributed by atoms with Crippen molar-refractivity contribution < 1.29 is 26.4 Å². The van der Waals surface area contributed by atoms with Crippen LogP contribution in [0.5, 0.6) is 0 Å². The van der Waals surface area contributed by atoms with Gasteiger partial charge in [-0.25, -0.2) is 8.42 Å². The lowest BCUT2D eigenvalue weighted by Gasteiger charge is -2.15. The van der Waals surface area contributed by atoms with E-state index in [2.05, 4.69) is 10.0 Å². The fourth-order valence-corrected chi connectivity index (χ4v) is 4.63. The summed E-state index contributed by atoms with van der Waals surface area (Å²) in [5.41, 5.74) is 2.14. The fourth-order valence-electron chi connectivity index (χ4n) is 3.23. The molecular weight excluding hydrogens is 453 g/mol. The van der Waals surface area contributed by atoms with Crippen LogP contribution in [0.4, 0.5) is 18.9 Å². The molecular formula is C24H23F3N2O3S. The topological polar surface area (TPSA) is 75.3 Å². The van der Waals surface area contributed by atoms with Gasteiger partial charge in [-0.3, -0.25) is 9.52 Å². The number of sulfonamides is 1. The molecule has 3 aromatic rings. The van der Waals surface area contributed by atoms with E-state index >= 15 is 0 Å². The number of amides is 1. The van der Waals surface area contributed by atoms with E-state index in [-0.39, 0.29) is 22.6 Å². The summed E-state index contributed by atoms with van der Waals surface area (Å²) in [5.74, 6) is -0.601. The van der Waals surface area contributed by atoms with Crippen molar-refractivity contribution in [2.24, 2.45) is 0 Å². The molecule has 3 rings (SSSR count). The summed E-state index contributed by atoms with van der Waals surface area (Å²) in [5, 5.41) is 2.54. The first-order valence-corrected chi connectivity index (χ1v) is 11.5. The Morgan fingerprint density at radius 3 is 2.30 bits per heavy atom. The quantitative estimate of drug-likeness (QED) is 0.503. The highest BCUT2D eigenvalue weighted by atomic mass is 32.2. The number of halogens is 3. The summed E-state index contributed by atoms with van der Waals surface area (Å²) in [4.78, 5) is 12.5. The Hall–Kier alpha value is -3.33. The van der Waals surface area contributed by atoms with E-state index in [1.165, 1.54) is 30.3 Å². The van der Waals surface area contributed by atoms with E-state index in [0.29, 0.717) is 11.3 Å². The summed E-state index contributed by atoms with van der Waals surface area (Å²) in [7, 11) is -3.98. The van der Waals surface area contributed by atoms with Gasteiger partial charge in [0, 0.05) is 12.1 Å². The molecule has 0 atom stereocenters. The molecule has 33 heavy (non-hydrogen) atoms. The third-order valence-electron chi connectivity index (χ3n) is 5.30. The minimum Gasteiger partial charge on any atom is -0.348 e. The molecule has 9 heteroatoms. The fraction of sp³-hybridized carbons (Fsp3) is 0.208. The summed E-state index contributed by atoms with van der Waals surface area (Å²) in [6, 6.07) is 14.1. The molecule has 0 radical (unpaired) electrons. The van der Waals surface area contributed by atoms with Gasteiger partial charge < -0.3 is 5.32 Å². The van der Waals surface area contributed by atoms with Crippen LogP contribution in [-0.2, 0) is 22.7 Å². The molecule has 3 aromatic carbocycles. The van der Waals surface area contributed by atoms with Crippen molar-refractivity contribution in [1.82, 2.24) is 5.32 Å². The number of nitrogens with one attached hydrogen (secondary N) is 2. The third kappa shape index (κ3) is 5.73. The van der Waals surface area contributed by atoms with Gasteiger partial charge in [-0.05, 0) is 73.4 Å². The smallest absolute Gasteiger partial charge is 0.348 e. The molecule has 0 saturated carbocycles. The molecule has 2 N–H and O–H groups in total. The summed E-state index contributed by atoms with van der Waals surface area (Å²) >= 11 is 0. The van der Waals surface area contributed by atoms with E-state index in [1.807, 2.05) is 13.0 Å². The number of anilines is 1. The Labute approximate surface area is 190 Å². The van der Waals surface area contributed by atoms with Crippen LogP contribution in [0.25, 0.3) is 0 Å². The minimum absolute atomic E-state index is 0.0601. The predicted octanol–water partition coefficient (Wildman–Crippen LogP) is 5.36. The largest absolute Gasteiger partial charge is 0.416 e. The zero-order valence-corrected chi connectivity index (χ0v) is 19.1. The third-order valence-corrected chi connectivity index (χ3v) is 6.80. The highest BCUT2D eigenvalue weighted by Crippen LogP contribution is 2.29. The lowest BCUT2D eigenvalue weighted by molar-refractivity contribution is -0.137. The highest BCUT2D eigenvalue weighted by Gasteiger charge is 2.30. The first-order chi connectivity index (χ1) is 15.4. The summed E-state index contributed by atoms with van der Waals surface area (Å²) in [6.07, 6.45) is -4.48. The molecule has 0 aliphatic carbocycles. The molecule has 0 fully saturated rings. The van der Waals surface area contributed by atoms with Crippen molar-refractivity contribution in [3.8, 4) is 0 Å². The Morgan fingerprint density at radius 2 is 1.61 bits per heavy atom. The van der Waals surface area contributed by atoms with Crippen LogP contribution < -0.4 is 10.0 Å².